The minimum absolute atomic E-state index is 0.362. The number of ether oxygens (including phenoxy) is 1. The van der Waals surface area contributed by atoms with Gasteiger partial charge in [0, 0.05) is 0 Å². The van der Waals surface area contributed by atoms with E-state index in [1.54, 1.807) is 23.1 Å². The molecule has 0 unspecified atom stereocenters. The molecule has 1 atom stereocenters. The highest BCUT2D eigenvalue weighted by Crippen LogP contribution is 2.36. The molecule has 0 amide bonds. The van der Waals surface area contributed by atoms with Gasteiger partial charge in [-0.2, -0.15) is 0 Å². The van der Waals surface area contributed by atoms with E-state index >= 15 is 0 Å². The van der Waals surface area contributed by atoms with Crippen LogP contribution >= 0.6 is 23.1 Å². The molecular formula is C9H7NOS2. The summed E-state index contributed by atoms with van der Waals surface area (Å²) in [4.78, 5) is 4.49. The van der Waals surface area contributed by atoms with Gasteiger partial charge in [-0.25, -0.2) is 4.98 Å². The monoisotopic (exact) mass is 209 g/mol. The molecule has 4 heteroatoms. The molecule has 2 heterocycles. The topological polar surface area (TPSA) is 25.4 Å². The van der Waals surface area contributed by atoms with E-state index in [9.17, 15) is 0 Å². The highest BCUT2D eigenvalue weighted by molar-refractivity contribution is 8.01. The summed E-state index contributed by atoms with van der Waals surface area (Å²) in [6.07, 6.45) is 0. The lowest BCUT2D eigenvalue weighted by Crippen LogP contribution is -1.73. The minimum Gasteiger partial charge on any atom is -0.361 e. The normalized spacial score (nSPS) is 20.8. The maximum Gasteiger partial charge on any atom is 0.153 e. The number of para-hydroxylation sites is 1. The van der Waals surface area contributed by atoms with E-state index in [-0.39, 0.29) is 0 Å². The summed E-state index contributed by atoms with van der Waals surface area (Å²) in [5.41, 5.74) is 1.45. The van der Waals surface area contributed by atoms with Gasteiger partial charge in [0.1, 0.15) is 5.44 Å². The van der Waals surface area contributed by atoms with Gasteiger partial charge in [0.2, 0.25) is 0 Å². The van der Waals surface area contributed by atoms with Gasteiger partial charge in [0.25, 0.3) is 0 Å². The first-order valence-corrected chi connectivity index (χ1v) is 5.75. The fraction of sp³-hybridized carbons (Fsp3) is 0.222. The Morgan fingerprint density at radius 3 is 3.08 bits per heavy atom. The lowest BCUT2D eigenvalue weighted by Gasteiger charge is -1.85. The number of thioether (sulfide) groups is 1. The van der Waals surface area contributed by atoms with Crippen molar-refractivity contribution in [2.75, 3.05) is 6.61 Å². The summed E-state index contributed by atoms with van der Waals surface area (Å²) < 4.78 is 7.51. The van der Waals surface area contributed by atoms with E-state index in [0.717, 1.165) is 16.5 Å². The van der Waals surface area contributed by atoms with Crippen molar-refractivity contribution in [3.8, 4) is 0 Å². The first-order chi connectivity index (χ1) is 6.42. The fourth-order valence-corrected chi connectivity index (χ4v) is 3.19. The quantitative estimate of drug-likeness (QED) is 0.711. The first-order valence-electron chi connectivity index (χ1n) is 4.06. The van der Waals surface area contributed by atoms with Crippen LogP contribution in [0, 0.1) is 0 Å². The standard InChI is InChI=1S/C9H7NOS2/c1-2-4-7-6(3-1)10-9(12-7)13-8-5-11-8/h1-4,8H,5H2/t8-/m1/s1. The molecule has 1 aromatic carbocycles. The predicted molar refractivity (Wildman–Crippen MR) is 55.2 cm³/mol. The van der Waals surface area contributed by atoms with Crippen LogP contribution in [0.5, 0.6) is 0 Å². The van der Waals surface area contributed by atoms with E-state index in [0.29, 0.717) is 5.44 Å². The van der Waals surface area contributed by atoms with Crippen molar-refractivity contribution in [1.82, 2.24) is 4.98 Å². The van der Waals surface area contributed by atoms with Crippen molar-refractivity contribution in [3.63, 3.8) is 0 Å². The Labute approximate surface area is 83.9 Å². The molecule has 2 aromatic rings. The van der Waals surface area contributed by atoms with E-state index in [1.165, 1.54) is 4.70 Å². The molecule has 0 spiro atoms. The maximum atomic E-state index is 5.14. The van der Waals surface area contributed by atoms with Gasteiger partial charge in [0.15, 0.2) is 4.34 Å². The Kier molecular flexibility index (Phi) is 1.78. The highest BCUT2D eigenvalue weighted by Gasteiger charge is 2.25. The van der Waals surface area contributed by atoms with E-state index < -0.39 is 0 Å². The van der Waals surface area contributed by atoms with Gasteiger partial charge < -0.3 is 4.74 Å². The molecule has 0 radical (unpaired) electrons. The van der Waals surface area contributed by atoms with Crippen LogP contribution in [0.4, 0.5) is 0 Å². The molecule has 3 rings (SSSR count). The second-order valence-electron chi connectivity index (χ2n) is 2.83. The van der Waals surface area contributed by atoms with Crippen LogP contribution in [0.2, 0.25) is 0 Å². The molecule has 66 valence electrons. The van der Waals surface area contributed by atoms with Crippen LogP contribution < -0.4 is 0 Å². The lowest BCUT2D eigenvalue weighted by molar-refractivity contribution is 0.460. The van der Waals surface area contributed by atoms with Crippen LogP contribution in [0.25, 0.3) is 10.2 Å². The molecule has 13 heavy (non-hydrogen) atoms. The van der Waals surface area contributed by atoms with E-state index in [1.807, 2.05) is 18.2 Å². The largest absolute Gasteiger partial charge is 0.361 e. The molecule has 1 aliphatic heterocycles. The molecule has 0 bridgehead atoms. The molecule has 1 fully saturated rings. The summed E-state index contributed by atoms with van der Waals surface area (Å²) >= 11 is 3.46. The van der Waals surface area contributed by atoms with Crippen LogP contribution in [-0.2, 0) is 4.74 Å². The van der Waals surface area contributed by atoms with Gasteiger partial charge in [-0.1, -0.05) is 23.9 Å². The smallest absolute Gasteiger partial charge is 0.153 e. The number of fused-ring (bicyclic) bond motifs is 1. The summed E-state index contributed by atoms with van der Waals surface area (Å²) in [7, 11) is 0. The average Bonchev–Trinajstić information content (AvgIpc) is 2.85. The van der Waals surface area contributed by atoms with Crippen molar-refractivity contribution in [1.29, 1.82) is 0 Å². The molecule has 1 aromatic heterocycles. The highest BCUT2D eigenvalue weighted by atomic mass is 32.2. The molecular weight excluding hydrogens is 202 g/mol. The van der Waals surface area contributed by atoms with Crippen molar-refractivity contribution >= 4 is 33.3 Å². The maximum absolute atomic E-state index is 5.14. The zero-order valence-electron chi connectivity index (χ0n) is 6.77. The molecule has 0 N–H and O–H groups in total. The van der Waals surface area contributed by atoms with Crippen molar-refractivity contribution in [2.45, 2.75) is 9.78 Å². The summed E-state index contributed by atoms with van der Waals surface area (Å²) in [5, 5.41) is 0. The van der Waals surface area contributed by atoms with E-state index in [2.05, 4.69) is 11.1 Å². The van der Waals surface area contributed by atoms with Gasteiger partial charge >= 0.3 is 0 Å². The number of hydrogen-bond donors (Lipinski definition) is 0. The van der Waals surface area contributed by atoms with Gasteiger partial charge in [-0.3, -0.25) is 0 Å². The molecule has 1 aliphatic rings. The van der Waals surface area contributed by atoms with Gasteiger partial charge in [-0.15, -0.1) is 11.3 Å². The number of rotatable bonds is 2. The van der Waals surface area contributed by atoms with Crippen LogP contribution in [0.1, 0.15) is 0 Å². The third-order valence-corrected chi connectivity index (χ3v) is 4.01. The summed E-state index contributed by atoms with van der Waals surface area (Å²) in [6.45, 7) is 0.876. The number of epoxide rings is 1. The predicted octanol–water partition coefficient (Wildman–Crippen LogP) is 2.74. The van der Waals surface area contributed by atoms with Crippen molar-refractivity contribution in [3.05, 3.63) is 24.3 Å². The van der Waals surface area contributed by atoms with Gasteiger partial charge in [-0.05, 0) is 12.1 Å². The van der Waals surface area contributed by atoms with Crippen LogP contribution in [0.15, 0.2) is 28.6 Å². The molecule has 2 nitrogen and oxygen atoms in total. The Bertz CT molecular complexity index is 403. The van der Waals surface area contributed by atoms with Crippen molar-refractivity contribution in [2.24, 2.45) is 0 Å². The number of nitrogens with zero attached hydrogens (tertiary/aromatic N) is 1. The Morgan fingerprint density at radius 2 is 2.31 bits per heavy atom. The molecule has 0 aliphatic carbocycles. The fourth-order valence-electron chi connectivity index (χ4n) is 1.12. The molecule has 0 saturated carbocycles. The third kappa shape index (κ3) is 1.57. The second-order valence-corrected chi connectivity index (χ2v) is 5.27. The second kappa shape index (κ2) is 2.97. The van der Waals surface area contributed by atoms with Gasteiger partial charge in [0.05, 0.1) is 16.8 Å². The minimum atomic E-state index is 0.362. The number of aromatic nitrogens is 1. The third-order valence-electron chi connectivity index (χ3n) is 1.81. The lowest BCUT2D eigenvalue weighted by atomic mass is 10.3. The van der Waals surface area contributed by atoms with Crippen LogP contribution in [0.3, 0.4) is 0 Å². The Balaban J connectivity index is 2.00. The average molecular weight is 209 g/mol. The Hall–Kier alpha value is -0.580. The van der Waals surface area contributed by atoms with Crippen LogP contribution in [-0.4, -0.2) is 17.0 Å². The first kappa shape index (κ1) is 7.79. The SMILES string of the molecule is c1ccc2sc(S[C@@H]3CO3)nc2c1. The number of benzene rings is 1. The Morgan fingerprint density at radius 1 is 1.46 bits per heavy atom. The van der Waals surface area contributed by atoms with E-state index in [4.69, 9.17) is 4.74 Å². The zero-order valence-corrected chi connectivity index (χ0v) is 8.40. The summed E-state index contributed by atoms with van der Waals surface area (Å²) in [6, 6.07) is 8.21. The summed E-state index contributed by atoms with van der Waals surface area (Å²) in [5.74, 6) is 0. The van der Waals surface area contributed by atoms with Crippen molar-refractivity contribution < 1.29 is 4.74 Å². The number of hydrogen-bond acceptors (Lipinski definition) is 4. The molecule has 1 saturated heterocycles. The zero-order chi connectivity index (χ0) is 8.67. The number of thiazole rings is 1.